The maximum Gasteiger partial charge on any atom is 0.251 e. The minimum atomic E-state index is -3.70. The van der Waals surface area contributed by atoms with Gasteiger partial charge in [0, 0.05) is 30.7 Å². The summed E-state index contributed by atoms with van der Waals surface area (Å²) < 4.78 is 27.7. The number of carbonyl (C=O) groups excluding carboxylic acids is 2. The van der Waals surface area contributed by atoms with E-state index in [-0.39, 0.29) is 28.8 Å². The molecular formula is C25H31N3O4S. The van der Waals surface area contributed by atoms with E-state index in [9.17, 15) is 18.0 Å². The third kappa shape index (κ3) is 6.30. The lowest BCUT2D eigenvalue weighted by molar-refractivity contribution is -0.117. The van der Waals surface area contributed by atoms with Crippen molar-refractivity contribution in [2.75, 3.05) is 13.1 Å². The fourth-order valence-electron chi connectivity index (χ4n) is 4.10. The van der Waals surface area contributed by atoms with Gasteiger partial charge in [0.2, 0.25) is 15.9 Å². The van der Waals surface area contributed by atoms with Crippen LogP contribution in [0.2, 0.25) is 0 Å². The van der Waals surface area contributed by atoms with E-state index in [1.165, 1.54) is 40.2 Å². The lowest BCUT2D eigenvalue weighted by Gasteiger charge is -2.36. The molecule has 2 aromatic rings. The molecule has 2 unspecified atom stereocenters. The van der Waals surface area contributed by atoms with Gasteiger partial charge in [-0.25, -0.2) is 8.42 Å². The molecule has 176 valence electrons. The van der Waals surface area contributed by atoms with Crippen LogP contribution in [0, 0.1) is 6.92 Å². The van der Waals surface area contributed by atoms with Crippen LogP contribution in [-0.2, 0) is 21.2 Å². The first-order valence-electron chi connectivity index (χ1n) is 11.1. The first kappa shape index (κ1) is 24.7. The third-order valence-electron chi connectivity index (χ3n) is 5.85. The van der Waals surface area contributed by atoms with Crippen LogP contribution in [0.25, 0.3) is 0 Å². The van der Waals surface area contributed by atoms with Gasteiger partial charge < -0.3 is 10.6 Å². The molecule has 0 saturated carbocycles. The van der Waals surface area contributed by atoms with E-state index in [1.54, 1.807) is 0 Å². The Labute approximate surface area is 195 Å². The van der Waals surface area contributed by atoms with Crippen LogP contribution in [0.1, 0.15) is 41.3 Å². The molecule has 1 heterocycles. The Bertz CT molecular complexity index is 1110. The van der Waals surface area contributed by atoms with Crippen molar-refractivity contribution in [1.29, 1.82) is 0 Å². The number of aryl methyl sites for hydroxylation is 1. The van der Waals surface area contributed by atoms with E-state index >= 15 is 0 Å². The van der Waals surface area contributed by atoms with Crippen LogP contribution < -0.4 is 10.6 Å². The van der Waals surface area contributed by atoms with Crippen LogP contribution in [0.5, 0.6) is 0 Å². The van der Waals surface area contributed by atoms with E-state index < -0.39 is 10.0 Å². The number of rotatable bonds is 8. The fraction of sp³-hybridized carbons (Fsp3) is 0.360. The van der Waals surface area contributed by atoms with E-state index in [0.717, 1.165) is 12.0 Å². The highest BCUT2D eigenvalue weighted by molar-refractivity contribution is 7.89. The second kappa shape index (κ2) is 10.8. The Morgan fingerprint density at radius 3 is 2.55 bits per heavy atom. The van der Waals surface area contributed by atoms with Gasteiger partial charge in [-0.15, -0.1) is 0 Å². The third-order valence-corrected chi connectivity index (χ3v) is 7.88. The monoisotopic (exact) mass is 469 g/mol. The van der Waals surface area contributed by atoms with Crippen molar-refractivity contribution in [2.45, 2.75) is 50.1 Å². The Morgan fingerprint density at radius 1 is 1.18 bits per heavy atom. The molecule has 3 rings (SSSR count). The molecule has 2 aromatic carbocycles. The summed E-state index contributed by atoms with van der Waals surface area (Å²) in [5.41, 5.74) is 2.74. The maximum atomic E-state index is 13.1. The van der Waals surface area contributed by atoms with Crippen molar-refractivity contribution in [2.24, 2.45) is 0 Å². The van der Waals surface area contributed by atoms with E-state index in [1.807, 2.05) is 32.0 Å². The number of hydrogen-bond acceptors (Lipinski definition) is 4. The zero-order valence-corrected chi connectivity index (χ0v) is 19.9. The molecule has 2 N–H and O–H groups in total. The topological polar surface area (TPSA) is 95.6 Å². The summed E-state index contributed by atoms with van der Waals surface area (Å²) in [5.74, 6) is -0.491. The molecule has 1 fully saturated rings. The molecule has 7 nitrogen and oxygen atoms in total. The minimum Gasteiger partial charge on any atom is -0.352 e. The first-order valence-corrected chi connectivity index (χ1v) is 12.5. The standard InChI is InChI=1S/C25H31N3O4S/c1-4-24(29)27-22-13-15-28(19(3)17-22)33(31,32)23-10-8-21(9-11-23)25(30)26-14-12-20-7-5-6-18(2)16-20/h4-11,16,19,22H,1,12-15,17H2,2-3H3,(H,26,30)(H,27,29). The van der Waals surface area contributed by atoms with Crippen molar-refractivity contribution in [1.82, 2.24) is 14.9 Å². The molecule has 2 amide bonds. The fourth-order valence-corrected chi connectivity index (χ4v) is 5.76. The summed E-state index contributed by atoms with van der Waals surface area (Å²) in [6, 6.07) is 13.8. The Balaban J connectivity index is 1.58. The van der Waals surface area contributed by atoms with Crippen LogP contribution >= 0.6 is 0 Å². The normalized spacial score (nSPS) is 19.0. The van der Waals surface area contributed by atoms with Crippen LogP contribution in [0.3, 0.4) is 0 Å². The first-order chi connectivity index (χ1) is 15.7. The molecule has 33 heavy (non-hydrogen) atoms. The Morgan fingerprint density at radius 2 is 1.91 bits per heavy atom. The molecule has 1 saturated heterocycles. The number of nitrogens with one attached hydrogen (secondary N) is 2. The molecule has 0 spiro atoms. The lowest BCUT2D eigenvalue weighted by Crippen LogP contribution is -2.50. The number of benzene rings is 2. The van der Waals surface area contributed by atoms with Gasteiger partial charge in [-0.2, -0.15) is 4.31 Å². The highest BCUT2D eigenvalue weighted by Crippen LogP contribution is 2.25. The molecular weight excluding hydrogens is 438 g/mol. The van der Waals surface area contributed by atoms with Gasteiger partial charge in [0.05, 0.1) is 4.90 Å². The van der Waals surface area contributed by atoms with Crippen molar-refractivity contribution in [3.05, 3.63) is 77.9 Å². The average Bonchev–Trinajstić information content (AvgIpc) is 2.79. The zero-order chi connectivity index (χ0) is 24.0. The summed E-state index contributed by atoms with van der Waals surface area (Å²) in [6.07, 6.45) is 3.00. The highest BCUT2D eigenvalue weighted by Gasteiger charge is 2.34. The number of hydrogen-bond donors (Lipinski definition) is 2. The van der Waals surface area contributed by atoms with Crippen molar-refractivity contribution < 1.29 is 18.0 Å². The van der Waals surface area contributed by atoms with Crippen molar-refractivity contribution >= 4 is 21.8 Å². The molecule has 1 aliphatic rings. The van der Waals surface area contributed by atoms with Gasteiger partial charge in [0.15, 0.2) is 0 Å². The van der Waals surface area contributed by atoms with Gasteiger partial charge in [-0.1, -0.05) is 36.4 Å². The zero-order valence-electron chi connectivity index (χ0n) is 19.1. The number of amides is 2. The predicted octanol–water partition coefficient (Wildman–Crippen LogP) is 2.81. The smallest absolute Gasteiger partial charge is 0.251 e. The molecule has 1 aliphatic heterocycles. The number of carbonyl (C=O) groups is 2. The van der Waals surface area contributed by atoms with Gasteiger partial charge >= 0.3 is 0 Å². The van der Waals surface area contributed by atoms with Crippen molar-refractivity contribution in [3.8, 4) is 0 Å². The van der Waals surface area contributed by atoms with Gasteiger partial charge in [0.1, 0.15) is 0 Å². The molecule has 2 atom stereocenters. The van der Waals surface area contributed by atoms with E-state index in [0.29, 0.717) is 31.5 Å². The molecule has 0 radical (unpaired) electrons. The summed E-state index contributed by atoms with van der Waals surface area (Å²) in [6.45, 7) is 8.12. The van der Waals surface area contributed by atoms with Gasteiger partial charge in [-0.3, -0.25) is 9.59 Å². The van der Waals surface area contributed by atoms with Crippen LogP contribution in [0.15, 0.2) is 66.1 Å². The second-order valence-electron chi connectivity index (χ2n) is 8.42. The molecule has 0 aromatic heterocycles. The average molecular weight is 470 g/mol. The highest BCUT2D eigenvalue weighted by atomic mass is 32.2. The minimum absolute atomic E-state index is 0.0807. The van der Waals surface area contributed by atoms with Crippen LogP contribution in [-0.4, -0.2) is 49.7 Å². The van der Waals surface area contributed by atoms with E-state index in [4.69, 9.17) is 0 Å². The SMILES string of the molecule is C=CC(=O)NC1CCN(S(=O)(=O)c2ccc(C(=O)NCCc3cccc(C)c3)cc2)C(C)C1. The Kier molecular flexibility index (Phi) is 8.05. The molecule has 8 heteroatoms. The summed E-state index contributed by atoms with van der Waals surface area (Å²) in [5, 5.41) is 5.72. The molecule has 0 aliphatic carbocycles. The molecule has 0 bridgehead atoms. The number of sulfonamides is 1. The number of nitrogens with zero attached hydrogens (tertiary/aromatic N) is 1. The lowest BCUT2D eigenvalue weighted by atomic mass is 10.0. The van der Waals surface area contributed by atoms with Crippen LogP contribution in [0.4, 0.5) is 0 Å². The largest absolute Gasteiger partial charge is 0.352 e. The van der Waals surface area contributed by atoms with Gasteiger partial charge in [0.25, 0.3) is 5.91 Å². The quantitative estimate of drug-likeness (QED) is 0.581. The summed E-state index contributed by atoms with van der Waals surface area (Å²) in [7, 11) is -3.70. The maximum absolute atomic E-state index is 13.1. The van der Waals surface area contributed by atoms with Gasteiger partial charge in [-0.05, 0) is 69.0 Å². The predicted molar refractivity (Wildman–Crippen MR) is 128 cm³/mol. The second-order valence-corrected chi connectivity index (χ2v) is 10.3. The Hall–Kier alpha value is -2.97. The number of piperidine rings is 1. The van der Waals surface area contributed by atoms with E-state index in [2.05, 4.69) is 23.3 Å². The van der Waals surface area contributed by atoms with Crippen molar-refractivity contribution in [3.63, 3.8) is 0 Å². The summed E-state index contributed by atoms with van der Waals surface area (Å²) in [4.78, 5) is 24.1. The summed E-state index contributed by atoms with van der Waals surface area (Å²) >= 11 is 0.